The second-order valence-corrected chi connectivity index (χ2v) is 16.4. The van der Waals surface area contributed by atoms with Gasteiger partial charge in [0.15, 0.2) is 5.41 Å². The molecule has 0 aromatic heterocycles. The molecule has 0 aromatic rings. The molecule has 28 heavy (non-hydrogen) atoms. The van der Waals surface area contributed by atoms with E-state index in [-0.39, 0.29) is 18.3 Å². The summed E-state index contributed by atoms with van der Waals surface area (Å²) in [5.74, 6) is -1.78. The van der Waals surface area contributed by atoms with E-state index in [1.54, 1.807) is 0 Å². The van der Waals surface area contributed by atoms with Gasteiger partial charge in [-0.25, -0.2) is 4.79 Å². The lowest BCUT2D eigenvalue weighted by Gasteiger charge is -2.31. The normalized spacial score (nSPS) is 13.1. The van der Waals surface area contributed by atoms with Gasteiger partial charge in [0.05, 0.1) is 20.8 Å². The van der Waals surface area contributed by atoms with Crippen LogP contribution in [0, 0.1) is 10.8 Å². The Bertz CT molecular complexity index is 570. The van der Waals surface area contributed by atoms with E-state index < -0.39 is 31.4 Å². The average molecular weight is 526 g/mol. The number of esters is 3. The van der Waals surface area contributed by atoms with Crippen LogP contribution >= 0.6 is 22.6 Å². The van der Waals surface area contributed by atoms with Crippen molar-refractivity contribution < 1.29 is 28.6 Å². The Labute approximate surface area is 183 Å². The van der Waals surface area contributed by atoms with E-state index in [9.17, 15) is 14.4 Å². The molecule has 0 bridgehead atoms. The molecule has 0 rings (SSSR count). The minimum absolute atomic E-state index is 0.0338. The molecule has 0 saturated heterocycles. The van der Waals surface area contributed by atoms with Crippen molar-refractivity contribution in [3.05, 3.63) is 9.66 Å². The highest BCUT2D eigenvalue weighted by molar-refractivity contribution is 14.1. The lowest BCUT2D eigenvalue weighted by atomic mass is 9.75. The van der Waals surface area contributed by atoms with Gasteiger partial charge >= 0.3 is 17.9 Å². The third kappa shape index (κ3) is 10.0. The van der Waals surface area contributed by atoms with E-state index in [4.69, 9.17) is 14.2 Å². The molecule has 0 aromatic carbocycles. The van der Waals surface area contributed by atoms with Crippen LogP contribution in [0.5, 0.6) is 0 Å². The van der Waals surface area contributed by atoms with Gasteiger partial charge in [-0.15, -0.1) is 0 Å². The third-order valence-corrected chi connectivity index (χ3v) is 6.69. The van der Waals surface area contributed by atoms with Gasteiger partial charge in [0.25, 0.3) is 0 Å². The SMILES string of the molecule is COC(=O)C(CCC(C)(C)C)(C/C(I)=C/C(=O)OCC[Si](C)(C)C)C(=O)OC. The van der Waals surface area contributed by atoms with Crippen LogP contribution in [-0.4, -0.2) is 46.8 Å². The van der Waals surface area contributed by atoms with Crippen LogP contribution in [0.3, 0.4) is 0 Å². The van der Waals surface area contributed by atoms with E-state index in [0.717, 1.165) is 6.04 Å². The van der Waals surface area contributed by atoms with E-state index in [1.807, 2.05) is 43.4 Å². The van der Waals surface area contributed by atoms with Crippen molar-refractivity contribution in [1.82, 2.24) is 0 Å². The van der Waals surface area contributed by atoms with Gasteiger partial charge in [-0.05, 0) is 50.5 Å². The topological polar surface area (TPSA) is 78.9 Å². The lowest BCUT2D eigenvalue weighted by Crippen LogP contribution is -2.42. The molecule has 8 heteroatoms. The zero-order chi connectivity index (χ0) is 22.2. The third-order valence-electron chi connectivity index (χ3n) is 4.30. The molecule has 0 fully saturated rings. The number of ether oxygens (including phenoxy) is 3. The molecule has 162 valence electrons. The van der Waals surface area contributed by atoms with Crippen LogP contribution in [0.25, 0.3) is 0 Å². The molecule has 0 amide bonds. The first-order valence-corrected chi connectivity index (χ1v) is 14.1. The second kappa shape index (κ2) is 11.3. The number of carbonyl (C=O) groups excluding carboxylic acids is 3. The molecule has 0 saturated carbocycles. The van der Waals surface area contributed by atoms with Crippen molar-refractivity contribution >= 4 is 48.6 Å². The summed E-state index contributed by atoms with van der Waals surface area (Å²) in [6.07, 6.45) is 2.25. The Morgan fingerprint density at radius 3 is 1.86 bits per heavy atom. The Hall–Kier alpha value is -0.903. The summed E-state index contributed by atoms with van der Waals surface area (Å²) in [5, 5.41) is 0. The molecular formula is C20H35IO6Si. The number of hydrogen-bond donors (Lipinski definition) is 0. The maximum Gasteiger partial charge on any atom is 0.331 e. The summed E-state index contributed by atoms with van der Waals surface area (Å²) < 4.78 is 15.7. The number of carbonyl (C=O) groups is 3. The summed E-state index contributed by atoms with van der Waals surface area (Å²) in [4.78, 5) is 37.3. The molecule has 0 aliphatic carbocycles. The Morgan fingerprint density at radius 1 is 0.964 bits per heavy atom. The van der Waals surface area contributed by atoms with E-state index in [1.165, 1.54) is 20.3 Å². The Morgan fingerprint density at radius 2 is 1.46 bits per heavy atom. The monoisotopic (exact) mass is 526 g/mol. The van der Waals surface area contributed by atoms with Crippen LogP contribution < -0.4 is 0 Å². The van der Waals surface area contributed by atoms with Crippen LogP contribution in [0.2, 0.25) is 25.7 Å². The van der Waals surface area contributed by atoms with Crippen LogP contribution in [0.1, 0.15) is 40.0 Å². The van der Waals surface area contributed by atoms with Crippen molar-refractivity contribution in [2.75, 3.05) is 20.8 Å². The smallest absolute Gasteiger partial charge is 0.331 e. The van der Waals surface area contributed by atoms with Gasteiger partial charge in [-0.3, -0.25) is 9.59 Å². The first-order valence-electron chi connectivity index (χ1n) is 9.36. The molecule has 0 unspecified atom stereocenters. The highest BCUT2D eigenvalue weighted by Crippen LogP contribution is 2.40. The van der Waals surface area contributed by atoms with E-state index in [2.05, 4.69) is 19.6 Å². The minimum Gasteiger partial charge on any atom is -0.468 e. The molecule has 0 spiro atoms. The highest BCUT2D eigenvalue weighted by atomic mass is 127. The first kappa shape index (κ1) is 27.1. The molecule has 0 radical (unpaired) electrons. The maximum absolute atomic E-state index is 12.6. The number of hydrogen-bond acceptors (Lipinski definition) is 6. The predicted molar refractivity (Wildman–Crippen MR) is 121 cm³/mol. The fourth-order valence-electron chi connectivity index (χ4n) is 2.47. The molecule has 6 nitrogen and oxygen atoms in total. The summed E-state index contributed by atoms with van der Waals surface area (Å²) in [5.41, 5.74) is -1.57. The van der Waals surface area contributed by atoms with E-state index >= 15 is 0 Å². The molecule has 0 atom stereocenters. The van der Waals surface area contributed by atoms with Gasteiger partial charge in [-0.1, -0.05) is 40.4 Å². The second-order valence-electron chi connectivity index (χ2n) is 9.37. The van der Waals surface area contributed by atoms with Gasteiger partial charge in [0.2, 0.25) is 0 Å². The zero-order valence-electron chi connectivity index (χ0n) is 18.4. The number of halogens is 1. The Balaban J connectivity index is 5.46. The fourth-order valence-corrected chi connectivity index (χ4v) is 4.09. The van der Waals surface area contributed by atoms with Crippen molar-refractivity contribution in [2.45, 2.75) is 65.7 Å². The quantitative estimate of drug-likeness (QED) is 0.102. The number of methoxy groups -OCH3 is 2. The Kier molecular flexibility index (Phi) is 11.0. The van der Waals surface area contributed by atoms with Crippen molar-refractivity contribution in [2.24, 2.45) is 10.8 Å². The van der Waals surface area contributed by atoms with Crippen molar-refractivity contribution in [3.8, 4) is 0 Å². The molecule has 0 heterocycles. The molecular weight excluding hydrogens is 491 g/mol. The van der Waals surface area contributed by atoms with Crippen LogP contribution in [0.15, 0.2) is 9.66 Å². The largest absolute Gasteiger partial charge is 0.468 e. The average Bonchev–Trinajstić information content (AvgIpc) is 2.54. The van der Waals surface area contributed by atoms with Crippen LogP contribution in [0.4, 0.5) is 0 Å². The van der Waals surface area contributed by atoms with Gasteiger partial charge in [0, 0.05) is 20.6 Å². The lowest BCUT2D eigenvalue weighted by molar-refractivity contribution is -0.170. The summed E-state index contributed by atoms with van der Waals surface area (Å²) in [6.45, 7) is 13.1. The van der Waals surface area contributed by atoms with Gasteiger partial charge in [-0.2, -0.15) is 0 Å². The minimum atomic E-state index is -1.48. The number of rotatable bonds is 10. The maximum atomic E-state index is 12.6. The fraction of sp³-hybridized carbons (Fsp3) is 0.750. The van der Waals surface area contributed by atoms with E-state index in [0.29, 0.717) is 16.6 Å². The first-order chi connectivity index (χ1) is 12.7. The highest BCUT2D eigenvalue weighted by Gasteiger charge is 2.49. The van der Waals surface area contributed by atoms with Crippen LogP contribution in [-0.2, 0) is 28.6 Å². The van der Waals surface area contributed by atoms with Gasteiger partial charge in [0.1, 0.15) is 0 Å². The van der Waals surface area contributed by atoms with Gasteiger partial charge < -0.3 is 14.2 Å². The van der Waals surface area contributed by atoms with Crippen molar-refractivity contribution in [3.63, 3.8) is 0 Å². The predicted octanol–water partition coefficient (Wildman–Crippen LogP) is 4.74. The summed E-state index contributed by atoms with van der Waals surface area (Å²) in [7, 11) is 1.20. The van der Waals surface area contributed by atoms with Crippen molar-refractivity contribution in [1.29, 1.82) is 0 Å². The summed E-state index contributed by atoms with van der Waals surface area (Å²) in [6, 6.07) is 0.878. The summed E-state index contributed by atoms with van der Waals surface area (Å²) >= 11 is 1.96. The number of allylic oxidation sites excluding steroid dienone is 1. The standard InChI is InChI=1S/C20H35IO6Si/c1-19(2,3)9-10-20(17(23)25-4,18(24)26-5)14-15(21)13-16(22)27-11-12-28(6,7)8/h13H,9-12,14H2,1-8H3/b15-13-. The zero-order valence-corrected chi connectivity index (χ0v) is 21.6. The molecule has 0 N–H and O–H groups in total. The molecule has 0 aliphatic heterocycles. The molecule has 0 aliphatic rings.